The third-order valence-electron chi connectivity index (χ3n) is 3.77. The molecule has 1 aromatic rings. The molecule has 0 spiro atoms. The van der Waals surface area contributed by atoms with Crippen molar-refractivity contribution in [3.05, 3.63) is 29.1 Å². The molecule has 0 saturated carbocycles. The SMILES string of the molecule is CC(C)c1cnc2c(c1)CCC2C(C)(C)C. The van der Waals surface area contributed by atoms with Gasteiger partial charge in [-0.05, 0) is 35.3 Å². The molecule has 0 bridgehead atoms. The first kappa shape index (κ1) is 11.6. The van der Waals surface area contributed by atoms with Crippen molar-refractivity contribution in [2.24, 2.45) is 5.41 Å². The maximum absolute atomic E-state index is 4.73. The van der Waals surface area contributed by atoms with E-state index in [4.69, 9.17) is 4.98 Å². The Morgan fingerprint density at radius 2 is 2.00 bits per heavy atom. The van der Waals surface area contributed by atoms with Crippen LogP contribution in [0.5, 0.6) is 0 Å². The number of hydrogen-bond donors (Lipinski definition) is 0. The number of aromatic nitrogens is 1. The Labute approximate surface area is 99.3 Å². The van der Waals surface area contributed by atoms with Gasteiger partial charge in [0.25, 0.3) is 0 Å². The van der Waals surface area contributed by atoms with E-state index in [0.717, 1.165) is 0 Å². The minimum absolute atomic E-state index is 0.345. The van der Waals surface area contributed by atoms with Gasteiger partial charge in [0, 0.05) is 17.8 Å². The number of nitrogens with zero attached hydrogens (tertiary/aromatic N) is 1. The molecule has 1 heterocycles. The first-order valence-corrected chi connectivity index (χ1v) is 6.38. The molecule has 0 fully saturated rings. The van der Waals surface area contributed by atoms with Crippen LogP contribution in [0.25, 0.3) is 0 Å². The molecule has 1 aromatic heterocycles. The lowest BCUT2D eigenvalue weighted by molar-refractivity contribution is 0.314. The Morgan fingerprint density at radius 3 is 2.56 bits per heavy atom. The Hall–Kier alpha value is -0.850. The summed E-state index contributed by atoms with van der Waals surface area (Å²) < 4.78 is 0. The van der Waals surface area contributed by atoms with Crippen LogP contribution in [0.2, 0.25) is 0 Å². The second-order valence-corrected chi connectivity index (χ2v) is 6.43. The van der Waals surface area contributed by atoms with Crippen molar-refractivity contribution in [1.29, 1.82) is 0 Å². The van der Waals surface area contributed by atoms with Gasteiger partial charge in [-0.25, -0.2) is 0 Å². The Balaban J connectivity index is 2.36. The van der Waals surface area contributed by atoms with E-state index in [9.17, 15) is 0 Å². The molecule has 1 atom stereocenters. The van der Waals surface area contributed by atoms with E-state index < -0.39 is 0 Å². The number of aryl methyl sites for hydroxylation is 1. The van der Waals surface area contributed by atoms with Gasteiger partial charge in [0.05, 0.1) is 0 Å². The average Bonchev–Trinajstić information content (AvgIpc) is 2.58. The van der Waals surface area contributed by atoms with Gasteiger partial charge in [-0.2, -0.15) is 0 Å². The zero-order valence-electron chi connectivity index (χ0n) is 11.2. The van der Waals surface area contributed by atoms with Crippen molar-refractivity contribution < 1.29 is 0 Å². The maximum atomic E-state index is 4.73. The highest BCUT2D eigenvalue weighted by Crippen LogP contribution is 2.44. The van der Waals surface area contributed by atoms with Gasteiger partial charge in [-0.3, -0.25) is 4.98 Å². The maximum Gasteiger partial charge on any atom is 0.0471 e. The highest BCUT2D eigenvalue weighted by molar-refractivity contribution is 5.34. The lowest BCUT2D eigenvalue weighted by Crippen LogP contribution is -2.16. The lowest BCUT2D eigenvalue weighted by atomic mass is 9.79. The zero-order valence-corrected chi connectivity index (χ0v) is 11.2. The van der Waals surface area contributed by atoms with Crippen molar-refractivity contribution >= 4 is 0 Å². The van der Waals surface area contributed by atoms with E-state index in [2.05, 4.69) is 46.9 Å². The van der Waals surface area contributed by atoms with Crippen LogP contribution in [0.4, 0.5) is 0 Å². The normalized spacial score (nSPS) is 20.2. The topological polar surface area (TPSA) is 12.9 Å². The van der Waals surface area contributed by atoms with Crippen molar-refractivity contribution in [2.75, 3.05) is 0 Å². The van der Waals surface area contributed by atoms with Crippen LogP contribution in [0.15, 0.2) is 12.3 Å². The van der Waals surface area contributed by atoms with Gasteiger partial charge in [-0.1, -0.05) is 40.7 Å². The first-order valence-electron chi connectivity index (χ1n) is 6.38. The van der Waals surface area contributed by atoms with E-state index in [0.29, 0.717) is 17.3 Å². The minimum atomic E-state index is 0.345. The molecule has 1 nitrogen and oxygen atoms in total. The molecule has 0 aliphatic heterocycles. The van der Waals surface area contributed by atoms with E-state index in [1.54, 1.807) is 0 Å². The van der Waals surface area contributed by atoms with E-state index in [-0.39, 0.29) is 0 Å². The second kappa shape index (κ2) is 3.87. The third-order valence-corrected chi connectivity index (χ3v) is 3.77. The van der Waals surface area contributed by atoms with E-state index >= 15 is 0 Å². The number of fused-ring (bicyclic) bond motifs is 1. The summed E-state index contributed by atoms with van der Waals surface area (Å²) in [5, 5.41) is 0. The van der Waals surface area contributed by atoms with Gasteiger partial charge in [-0.15, -0.1) is 0 Å². The minimum Gasteiger partial charge on any atom is -0.260 e. The number of rotatable bonds is 1. The van der Waals surface area contributed by atoms with E-state index in [1.165, 1.54) is 29.7 Å². The zero-order chi connectivity index (χ0) is 11.9. The average molecular weight is 217 g/mol. The summed E-state index contributed by atoms with van der Waals surface area (Å²) in [5.41, 5.74) is 4.58. The van der Waals surface area contributed by atoms with Crippen LogP contribution in [0, 0.1) is 5.41 Å². The molecule has 0 amide bonds. The van der Waals surface area contributed by atoms with Gasteiger partial charge < -0.3 is 0 Å². The molecule has 88 valence electrons. The van der Waals surface area contributed by atoms with Crippen LogP contribution in [-0.2, 0) is 6.42 Å². The van der Waals surface area contributed by atoms with Gasteiger partial charge in [0.2, 0.25) is 0 Å². The molecule has 16 heavy (non-hydrogen) atoms. The Kier molecular flexibility index (Phi) is 2.81. The molecule has 0 saturated heterocycles. The molecule has 1 aliphatic carbocycles. The number of pyridine rings is 1. The lowest BCUT2D eigenvalue weighted by Gasteiger charge is -2.27. The Bertz CT molecular complexity index is 385. The van der Waals surface area contributed by atoms with Crippen LogP contribution in [0.3, 0.4) is 0 Å². The van der Waals surface area contributed by atoms with E-state index in [1.807, 2.05) is 0 Å². The largest absolute Gasteiger partial charge is 0.260 e. The van der Waals surface area contributed by atoms with Crippen molar-refractivity contribution in [2.45, 2.75) is 59.3 Å². The fraction of sp³-hybridized carbons (Fsp3) is 0.667. The smallest absolute Gasteiger partial charge is 0.0471 e. The molecule has 0 N–H and O–H groups in total. The molecular formula is C15H23N. The fourth-order valence-corrected chi connectivity index (χ4v) is 2.65. The summed E-state index contributed by atoms with van der Waals surface area (Å²) in [6.07, 6.45) is 4.56. The summed E-state index contributed by atoms with van der Waals surface area (Å²) >= 11 is 0. The molecule has 1 aliphatic rings. The number of hydrogen-bond acceptors (Lipinski definition) is 1. The molecular weight excluding hydrogens is 194 g/mol. The van der Waals surface area contributed by atoms with Gasteiger partial charge in [0.15, 0.2) is 0 Å². The monoisotopic (exact) mass is 217 g/mol. The van der Waals surface area contributed by atoms with Gasteiger partial charge >= 0.3 is 0 Å². The predicted molar refractivity (Wildman–Crippen MR) is 68.8 cm³/mol. The van der Waals surface area contributed by atoms with Crippen molar-refractivity contribution in [3.8, 4) is 0 Å². The van der Waals surface area contributed by atoms with Crippen LogP contribution in [-0.4, -0.2) is 4.98 Å². The van der Waals surface area contributed by atoms with Crippen molar-refractivity contribution in [1.82, 2.24) is 4.98 Å². The first-order chi connectivity index (χ1) is 7.39. The summed E-state index contributed by atoms with van der Waals surface area (Å²) in [4.78, 5) is 4.73. The third kappa shape index (κ3) is 2.00. The van der Waals surface area contributed by atoms with Crippen LogP contribution < -0.4 is 0 Å². The molecule has 0 radical (unpaired) electrons. The summed E-state index contributed by atoms with van der Waals surface area (Å²) in [7, 11) is 0. The Morgan fingerprint density at radius 1 is 1.31 bits per heavy atom. The molecule has 1 heteroatoms. The molecule has 1 unspecified atom stereocenters. The van der Waals surface area contributed by atoms with Crippen LogP contribution in [0.1, 0.15) is 69.7 Å². The summed E-state index contributed by atoms with van der Waals surface area (Å²) in [6, 6.07) is 2.37. The van der Waals surface area contributed by atoms with Crippen molar-refractivity contribution in [3.63, 3.8) is 0 Å². The second-order valence-electron chi connectivity index (χ2n) is 6.43. The summed E-state index contributed by atoms with van der Waals surface area (Å²) in [5.74, 6) is 1.23. The quantitative estimate of drug-likeness (QED) is 0.684. The molecule has 2 rings (SSSR count). The fourth-order valence-electron chi connectivity index (χ4n) is 2.65. The highest BCUT2D eigenvalue weighted by atomic mass is 14.7. The molecule has 0 aromatic carbocycles. The summed E-state index contributed by atoms with van der Waals surface area (Å²) in [6.45, 7) is 11.4. The van der Waals surface area contributed by atoms with Gasteiger partial charge in [0.1, 0.15) is 0 Å². The highest BCUT2D eigenvalue weighted by Gasteiger charge is 2.33. The standard InChI is InChI=1S/C15H23N/c1-10(2)12-8-11-6-7-13(15(3,4)5)14(11)16-9-12/h8-10,13H,6-7H2,1-5H3. The predicted octanol–water partition coefficient (Wildman–Crippen LogP) is 4.28. The van der Waals surface area contributed by atoms with Crippen LogP contribution >= 0.6 is 0 Å².